The Hall–Kier alpha value is -2.05. The Morgan fingerprint density at radius 1 is 1.17 bits per heavy atom. The van der Waals surface area contributed by atoms with E-state index in [2.05, 4.69) is 0 Å². The van der Waals surface area contributed by atoms with Gasteiger partial charge < -0.3 is 5.32 Å². The predicted molar refractivity (Wildman–Crippen MR) is 55.5 cm³/mol. The number of rotatable bonds is 1. The highest BCUT2D eigenvalue weighted by molar-refractivity contribution is 6.07. The number of hydrogen-bond donors (Lipinski definition) is 1. The lowest BCUT2D eigenvalue weighted by Crippen LogP contribution is -2.55. The van der Waals surface area contributed by atoms with E-state index in [0.717, 1.165) is 19.2 Å². The monoisotopic (exact) mass is 258 g/mol. The summed E-state index contributed by atoms with van der Waals surface area (Å²) in [5.74, 6) is -1.33. The van der Waals surface area contributed by atoms with Crippen molar-refractivity contribution in [1.29, 1.82) is 0 Å². The third-order valence-electron chi connectivity index (χ3n) is 2.86. The molecule has 0 radical (unpaired) electrons. The predicted octanol–water partition coefficient (Wildman–Crippen LogP) is 1.63. The summed E-state index contributed by atoms with van der Waals surface area (Å²) in [4.78, 5) is 23.6. The molecule has 0 aromatic heterocycles. The number of nitrogens with one attached hydrogen (secondary N) is 1. The summed E-state index contributed by atoms with van der Waals surface area (Å²) in [6, 6.07) is 5.52. The van der Waals surface area contributed by atoms with Gasteiger partial charge in [0.2, 0.25) is 5.54 Å². The average molecular weight is 258 g/mol. The van der Waals surface area contributed by atoms with Gasteiger partial charge in [0.05, 0.1) is 0 Å². The van der Waals surface area contributed by atoms with Crippen LogP contribution in [0.15, 0.2) is 30.3 Å². The number of halogens is 3. The van der Waals surface area contributed by atoms with E-state index in [0.29, 0.717) is 4.90 Å². The molecule has 4 nitrogen and oxygen atoms in total. The maximum absolute atomic E-state index is 13.2. The molecule has 0 saturated carbocycles. The fourth-order valence-electron chi connectivity index (χ4n) is 1.88. The Kier molecular flexibility index (Phi) is 2.57. The van der Waals surface area contributed by atoms with Crippen LogP contribution in [0.2, 0.25) is 0 Å². The topological polar surface area (TPSA) is 49.4 Å². The van der Waals surface area contributed by atoms with E-state index in [1.165, 1.54) is 18.2 Å². The van der Waals surface area contributed by atoms with E-state index in [1.807, 2.05) is 0 Å². The highest BCUT2D eigenvalue weighted by Gasteiger charge is 2.67. The third-order valence-corrected chi connectivity index (χ3v) is 2.86. The molecule has 0 bridgehead atoms. The van der Waals surface area contributed by atoms with Crippen LogP contribution in [0.3, 0.4) is 0 Å². The molecule has 1 N–H and O–H groups in total. The van der Waals surface area contributed by atoms with Crippen molar-refractivity contribution in [3.63, 3.8) is 0 Å². The van der Waals surface area contributed by atoms with Crippen LogP contribution in [0.4, 0.5) is 18.0 Å². The van der Waals surface area contributed by atoms with E-state index >= 15 is 0 Å². The van der Waals surface area contributed by atoms with Crippen LogP contribution in [-0.4, -0.2) is 30.1 Å². The van der Waals surface area contributed by atoms with Crippen molar-refractivity contribution in [1.82, 2.24) is 10.2 Å². The smallest absolute Gasteiger partial charge is 0.312 e. The van der Waals surface area contributed by atoms with Crippen LogP contribution >= 0.6 is 0 Å². The molecule has 3 amide bonds. The van der Waals surface area contributed by atoms with E-state index in [-0.39, 0.29) is 5.56 Å². The second-order valence-electron chi connectivity index (χ2n) is 3.91. The fraction of sp³-hybridized carbons (Fsp3) is 0.273. The minimum Gasteiger partial charge on any atom is -0.312 e. The Labute approximate surface area is 100 Å². The lowest BCUT2D eigenvalue weighted by atomic mass is 9.89. The summed E-state index contributed by atoms with van der Waals surface area (Å²) >= 11 is 0. The summed E-state index contributed by atoms with van der Waals surface area (Å²) in [5, 5.41) is 1.74. The molecular weight excluding hydrogens is 249 g/mol. The molecule has 1 saturated heterocycles. The van der Waals surface area contributed by atoms with Crippen molar-refractivity contribution < 1.29 is 22.8 Å². The number of urea groups is 1. The standard InChI is InChI=1S/C11H9F3N2O2/c1-16-8(17)10(11(12,13)14,15-9(16)18)7-5-3-2-4-6-7/h2-6H,1H3,(H,15,18). The van der Waals surface area contributed by atoms with E-state index in [9.17, 15) is 22.8 Å². The first kappa shape index (κ1) is 12.4. The molecule has 1 atom stereocenters. The molecule has 0 spiro atoms. The van der Waals surface area contributed by atoms with Gasteiger partial charge in [-0.3, -0.25) is 9.69 Å². The first-order valence-corrected chi connectivity index (χ1v) is 5.03. The van der Waals surface area contributed by atoms with Gasteiger partial charge in [-0.15, -0.1) is 0 Å². The van der Waals surface area contributed by atoms with E-state index < -0.39 is 23.7 Å². The van der Waals surface area contributed by atoms with Gasteiger partial charge in [0.25, 0.3) is 5.91 Å². The van der Waals surface area contributed by atoms with Gasteiger partial charge in [-0.2, -0.15) is 13.2 Å². The third kappa shape index (κ3) is 1.47. The normalized spacial score (nSPS) is 24.3. The van der Waals surface area contributed by atoms with E-state index in [4.69, 9.17) is 0 Å². The van der Waals surface area contributed by atoms with Gasteiger partial charge in [0, 0.05) is 7.05 Å². The molecule has 1 aliphatic heterocycles. The van der Waals surface area contributed by atoms with Gasteiger partial charge in [-0.25, -0.2) is 4.79 Å². The zero-order valence-electron chi connectivity index (χ0n) is 9.28. The SMILES string of the molecule is CN1C(=O)NC(c2ccccc2)(C(F)(F)F)C1=O. The Balaban J connectivity index is 2.65. The minimum absolute atomic E-state index is 0.305. The zero-order valence-corrected chi connectivity index (χ0v) is 9.28. The van der Waals surface area contributed by atoms with Crippen LogP contribution in [0, 0.1) is 0 Å². The molecule has 1 aromatic carbocycles. The number of nitrogens with zero attached hydrogens (tertiary/aromatic N) is 1. The molecule has 1 fully saturated rings. The van der Waals surface area contributed by atoms with Gasteiger partial charge >= 0.3 is 12.2 Å². The Morgan fingerprint density at radius 2 is 1.72 bits per heavy atom. The van der Waals surface area contributed by atoms with Crippen LogP contribution in [-0.2, 0) is 10.3 Å². The number of likely N-dealkylation sites (N-methyl/N-ethyl adjacent to an activating group) is 1. The van der Waals surface area contributed by atoms with Crippen LogP contribution in [0.25, 0.3) is 0 Å². The molecule has 1 aromatic rings. The summed E-state index contributed by atoms with van der Waals surface area (Å²) in [7, 11) is 1.01. The van der Waals surface area contributed by atoms with E-state index in [1.54, 1.807) is 5.32 Å². The van der Waals surface area contributed by atoms with Crippen molar-refractivity contribution in [2.75, 3.05) is 7.05 Å². The molecular formula is C11H9F3N2O2. The van der Waals surface area contributed by atoms with Crippen LogP contribution in [0.1, 0.15) is 5.56 Å². The quantitative estimate of drug-likeness (QED) is 0.778. The number of amides is 3. The van der Waals surface area contributed by atoms with Crippen molar-refractivity contribution in [3.8, 4) is 0 Å². The molecule has 7 heteroatoms. The maximum Gasteiger partial charge on any atom is 0.425 e. The molecule has 1 unspecified atom stereocenters. The van der Waals surface area contributed by atoms with Gasteiger partial charge in [0.1, 0.15) is 0 Å². The highest BCUT2D eigenvalue weighted by atomic mass is 19.4. The maximum atomic E-state index is 13.2. The number of benzene rings is 1. The number of imide groups is 1. The van der Waals surface area contributed by atoms with Gasteiger partial charge in [-0.05, 0) is 5.56 Å². The Bertz CT molecular complexity index is 501. The summed E-state index contributed by atoms with van der Waals surface area (Å²) in [5.41, 5.74) is -3.29. The zero-order chi connectivity index (χ0) is 13.6. The average Bonchev–Trinajstić information content (AvgIpc) is 2.55. The summed E-state index contributed by atoms with van der Waals surface area (Å²) in [6.07, 6.45) is -4.91. The second kappa shape index (κ2) is 3.72. The molecule has 2 rings (SSSR count). The van der Waals surface area contributed by atoms with Crippen molar-refractivity contribution in [2.24, 2.45) is 0 Å². The summed E-state index contributed by atoms with van der Waals surface area (Å²) in [6.45, 7) is 0. The number of carbonyl (C=O) groups excluding carboxylic acids is 2. The lowest BCUT2D eigenvalue weighted by Gasteiger charge is -2.29. The summed E-state index contributed by atoms with van der Waals surface area (Å²) < 4.78 is 39.7. The fourth-order valence-corrected chi connectivity index (χ4v) is 1.88. The first-order valence-electron chi connectivity index (χ1n) is 5.03. The second-order valence-corrected chi connectivity index (χ2v) is 3.91. The Morgan fingerprint density at radius 3 is 2.11 bits per heavy atom. The molecule has 96 valence electrons. The molecule has 1 aliphatic rings. The molecule has 0 aliphatic carbocycles. The van der Waals surface area contributed by atoms with Crippen molar-refractivity contribution >= 4 is 11.9 Å². The van der Waals surface area contributed by atoms with Crippen molar-refractivity contribution in [3.05, 3.63) is 35.9 Å². The van der Waals surface area contributed by atoms with Crippen molar-refractivity contribution in [2.45, 2.75) is 11.7 Å². The van der Waals surface area contributed by atoms with Gasteiger partial charge in [-0.1, -0.05) is 30.3 Å². The molecule has 18 heavy (non-hydrogen) atoms. The van der Waals surface area contributed by atoms with Crippen LogP contribution in [0.5, 0.6) is 0 Å². The highest BCUT2D eigenvalue weighted by Crippen LogP contribution is 2.42. The van der Waals surface area contributed by atoms with Crippen LogP contribution < -0.4 is 5.32 Å². The largest absolute Gasteiger partial charge is 0.425 e. The first-order chi connectivity index (χ1) is 8.30. The number of carbonyl (C=O) groups is 2. The molecule has 1 heterocycles. The van der Waals surface area contributed by atoms with Gasteiger partial charge in [0.15, 0.2) is 0 Å². The lowest BCUT2D eigenvalue weighted by molar-refractivity contribution is -0.198. The number of alkyl halides is 3. The minimum atomic E-state index is -4.91. The number of hydrogen-bond acceptors (Lipinski definition) is 2.